The van der Waals surface area contributed by atoms with Crippen molar-refractivity contribution in [2.75, 3.05) is 0 Å². The highest BCUT2D eigenvalue weighted by molar-refractivity contribution is 5.88. The van der Waals surface area contributed by atoms with Gasteiger partial charge in [0.2, 0.25) is 0 Å². The van der Waals surface area contributed by atoms with Gasteiger partial charge in [0.1, 0.15) is 11.6 Å². The average Bonchev–Trinajstić information content (AvgIpc) is 2.79. The second kappa shape index (κ2) is 10.2. The van der Waals surface area contributed by atoms with Gasteiger partial charge in [0.15, 0.2) is 11.6 Å². The molecule has 0 fully saturated rings. The first-order chi connectivity index (χ1) is 16.0. The summed E-state index contributed by atoms with van der Waals surface area (Å²) in [5.41, 5.74) is 2.61. The molecule has 0 heterocycles. The molecule has 33 heavy (non-hydrogen) atoms. The Morgan fingerprint density at radius 3 is 1.82 bits per heavy atom. The van der Waals surface area contributed by atoms with Crippen molar-refractivity contribution >= 4 is 10.8 Å². The summed E-state index contributed by atoms with van der Waals surface area (Å²) in [6, 6.07) is 16.8. The first-order valence-electron chi connectivity index (χ1n) is 11.4. The summed E-state index contributed by atoms with van der Waals surface area (Å²) in [6.45, 7) is 2.18. The van der Waals surface area contributed by atoms with Gasteiger partial charge in [-0.1, -0.05) is 69.0 Å². The molecular formula is C29H26F4. The highest BCUT2D eigenvalue weighted by atomic mass is 19.2. The molecule has 0 aliphatic carbocycles. The van der Waals surface area contributed by atoms with Crippen molar-refractivity contribution in [3.63, 3.8) is 0 Å². The molecule has 0 nitrogen and oxygen atoms in total. The van der Waals surface area contributed by atoms with Gasteiger partial charge in [0.25, 0.3) is 0 Å². The minimum absolute atomic E-state index is 0.314. The van der Waals surface area contributed by atoms with E-state index in [4.69, 9.17) is 0 Å². The van der Waals surface area contributed by atoms with E-state index in [-0.39, 0.29) is 5.82 Å². The maximum Gasteiger partial charge on any atom is 0.159 e. The normalized spacial score (nSPS) is 11.3. The third-order valence-electron chi connectivity index (χ3n) is 6.07. The molecule has 0 saturated heterocycles. The van der Waals surface area contributed by atoms with Crippen LogP contribution in [0.5, 0.6) is 0 Å². The SMILES string of the molecule is CCCCCCCc1ccc(-c2ccc(-c3ccc4cc(F)c(F)cc4c3)c(F)c2)c(F)c1. The van der Waals surface area contributed by atoms with Crippen LogP contribution in [0.25, 0.3) is 33.0 Å². The molecule has 0 saturated carbocycles. The Hall–Kier alpha value is -3.14. The molecule has 0 radical (unpaired) electrons. The van der Waals surface area contributed by atoms with E-state index < -0.39 is 17.5 Å². The lowest BCUT2D eigenvalue weighted by Gasteiger charge is -2.10. The van der Waals surface area contributed by atoms with Gasteiger partial charge in [-0.3, -0.25) is 0 Å². The fourth-order valence-corrected chi connectivity index (χ4v) is 4.21. The topological polar surface area (TPSA) is 0 Å². The van der Waals surface area contributed by atoms with Gasteiger partial charge >= 0.3 is 0 Å². The van der Waals surface area contributed by atoms with Crippen molar-refractivity contribution < 1.29 is 17.6 Å². The van der Waals surface area contributed by atoms with Crippen LogP contribution in [0, 0.1) is 23.3 Å². The average molecular weight is 451 g/mol. The predicted molar refractivity (Wildman–Crippen MR) is 127 cm³/mol. The molecule has 4 aromatic carbocycles. The molecule has 0 atom stereocenters. The van der Waals surface area contributed by atoms with Gasteiger partial charge in [-0.25, -0.2) is 17.6 Å². The number of hydrogen-bond acceptors (Lipinski definition) is 0. The molecule has 170 valence electrons. The lowest BCUT2D eigenvalue weighted by Crippen LogP contribution is -1.92. The fourth-order valence-electron chi connectivity index (χ4n) is 4.21. The minimum Gasteiger partial charge on any atom is -0.206 e. The van der Waals surface area contributed by atoms with Gasteiger partial charge in [-0.05, 0) is 70.6 Å². The number of rotatable bonds is 8. The van der Waals surface area contributed by atoms with Crippen LogP contribution in [0.2, 0.25) is 0 Å². The van der Waals surface area contributed by atoms with Crippen LogP contribution in [-0.2, 0) is 6.42 Å². The largest absolute Gasteiger partial charge is 0.206 e. The van der Waals surface area contributed by atoms with Crippen molar-refractivity contribution in [1.82, 2.24) is 0 Å². The van der Waals surface area contributed by atoms with Crippen molar-refractivity contribution in [2.45, 2.75) is 45.4 Å². The van der Waals surface area contributed by atoms with Crippen LogP contribution in [0.15, 0.2) is 66.7 Å². The van der Waals surface area contributed by atoms with Gasteiger partial charge in [-0.2, -0.15) is 0 Å². The zero-order valence-corrected chi connectivity index (χ0v) is 18.6. The van der Waals surface area contributed by atoms with E-state index >= 15 is 0 Å². The number of fused-ring (bicyclic) bond motifs is 1. The minimum atomic E-state index is -0.949. The molecule has 0 aliphatic heterocycles. The number of benzene rings is 4. The molecule has 0 spiro atoms. The van der Waals surface area contributed by atoms with E-state index in [0.29, 0.717) is 33.0 Å². The molecule has 0 N–H and O–H groups in total. The maximum atomic E-state index is 15.0. The molecule has 0 aliphatic rings. The van der Waals surface area contributed by atoms with Crippen molar-refractivity contribution in [3.05, 3.63) is 95.6 Å². The second-order valence-corrected chi connectivity index (χ2v) is 8.50. The highest BCUT2D eigenvalue weighted by Crippen LogP contribution is 2.32. The van der Waals surface area contributed by atoms with Crippen molar-refractivity contribution in [3.8, 4) is 22.3 Å². The van der Waals surface area contributed by atoms with E-state index in [1.165, 1.54) is 31.4 Å². The fraction of sp³-hybridized carbons (Fsp3) is 0.241. The Morgan fingerprint density at radius 2 is 1.12 bits per heavy atom. The Labute approximate surface area is 191 Å². The van der Waals surface area contributed by atoms with Gasteiger partial charge in [0.05, 0.1) is 0 Å². The molecule has 0 aromatic heterocycles. The highest BCUT2D eigenvalue weighted by Gasteiger charge is 2.12. The number of halogens is 4. The Bertz CT molecular complexity index is 1280. The zero-order valence-electron chi connectivity index (χ0n) is 18.6. The first-order valence-corrected chi connectivity index (χ1v) is 11.4. The van der Waals surface area contributed by atoms with Gasteiger partial charge < -0.3 is 0 Å². The number of unbranched alkanes of at least 4 members (excludes halogenated alkanes) is 4. The maximum absolute atomic E-state index is 15.0. The predicted octanol–water partition coefficient (Wildman–Crippen LogP) is 9.24. The zero-order chi connectivity index (χ0) is 23.4. The van der Waals surface area contributed by atoms with E-state index in [2.05, 4.69) is 6.92 Å². The molecule has 4 rings (SSSR count). The third-order valence-corrected chi connectivity index (χ3v) is 6.07. The Kier molecular flexibility index (Phi) is 7.12. The third kappa shape index (κ3) is 5.27. The summed E-state index contributed by atoms with van der Waals surface area (Å²) in [5, 5.41) is 1.01. The second-order valence-electron chi connectivity index (χ2n) is 8.50. The standard InChI is InChI=1S/C29H26F4/c1-2-3-4-5-6-7-19-8-12-24(26(30)14-19)22-11-13-25(27(31)17-22)21-10-9-20-16-28(32)29(33)18-23(20)15-21/h8-18H,2-7H2,1H3. The lowest BCUT2D eigenvalue weighted by atomic mass is 9.96. The summed E-state index contributed by atoms with van der Waals surface area (Å²) in [5.74, 6) is -2.74. The van der Waals surface area contributed by atoms with Crippen LogP contribution in [0.3, 0.4) is 0 Å². The summed E-state index contributed by atoms with van der Waals surface area (Å²) >= 11 is 0. The first kappa shape index (κ1) is 23.0. The molecule has 4 heteroatoms. The monoisotopic (exact) mass is 450 g/mol. The number of hydrogen-bond donors (Lipinski definition) is 0. The molecule has 0 amide bonds. The quantitative estimate of drug-likeness (QED) is 0.185. The summed E-state index contributed by atoms with van der Waals surface area (Å²) < 4.78 is 56.8. The van der Waals surface area contributed by atoms with Crippen LogP contribution in [0.1, 0.15) is 44.6 Å². The van der Waals surface area contributed by atoms with E-state index in [1.54, 1.807) is 36.4 Å². The summed E-state index contributed by atoms with van der Waals surface area (Å²) in [7, 11) is 0. The molecule has 4 aromatic rings. The summed E-state index contributed by atoms with van der Waals surface area (Å²) in [4.78, 5) is 0. The van der Waals surface area contributed by atoms with Crippen molar-refractivity contribution in [1.29, 1.82) is 0 Å². The Morgan fingerprint density at radius 1 is 0.515 bits per heavy atom. The number of aryl methyl sites for hydroxylation is 1. The Balaban J connectivity index is 1.55. The van der Waals surface area contributed by atoms with Gasteiger partial charge in [-0.15, -0.1) is 0 Å². The van der Waals surface area contributed by atoms with Gasteiger partial charge in [0, 0.05) is 11.1 Å². The lowest BCUT2D eigenvalue weighted by molar-refractivity contribution is 0.511. The summed E-state index contributed by atoms with van der Waals surface area (Å²) in [6.07, 6.45) is 6.62. The van der Waals surface area contributed by atoms with E-state index in [9.17, 15) is 17.6 Å². The van der Waals surface area contributed by atoms with Crippen LogP contribution >= 0.6 is 0 Å². The molecule has 0 unspecified atom stereocenters. The van der Waals surface area contributed by atoms with Crippen molar-refractivity contribution in [2.24, 2.45) is 0 Å². The van der Waals surface area contributed by atoms with E-state index in [1.807, 2.05) is 6.07 Å². The van der Waals surface area contributed by atoms with E-state index in [0.717, 1.165) is 37.0 Å². The molecular weight excluding hydrogens is 424 g/mol. The smallest absolute Gasteiger partial charge is 0.159 e. The van der Waals surface area contributed by atoms with Crippen LogP contribution < -0.4 is 0 Å². The van der Waals surface area contributed by atoms with Crippen LogP contribution in [-0.4, -0.2) is 0 Å². The van der Waals surface area contributed by atoms with Crippen LogP contribution in [0.4, 0.5) is 17.6 Å². The molecule has 0 bridgehead atoms.